The van der Waals surface area contributed by atoms with E-state index in [0.717, 1.165) is 0 Å². The highest BCUT2D eigenvalue weighted by molar-refractivity contribution is 5.21. The molecule has 21 heavy (non-hydrogen) atoms. The monoisotopic (exact) mass is 290 g/mol. The standard InChI is InChI=1S/C15H18N2O4/c1-19-15(7-9-20-10-8-15)14-16-13(21-17-14)12(18)11-5-3-2-4-6-11/h2-6,12,18H,7-10H2,1H3. The molecule has 2 aromatic rings. The fourth-order valence-corrected chi connectivity index (χ4v) is 2.53. The fourth-order valence-electron chi connectivity index (χ4n) is 2.53. The molecule has 2 heterocycles. The van der Waals surface area contributed by atoms with Gasteiger partial charge in [-0.1, -0.05) is 35.5 Å². The largest absolute Gasteiger partial charge is 0.381 e. The van der Waals surface area contributed by atoms with Crippen LogP contribution in [0.3, 0.4) is 0 Å². The number of methoxy groups -OCH3 is 1. The number of rotatable bonds is 4. The van der Waals surface area contributed by atoms with Gasteiger partial charge in [0.2, 0.25) is 5.82 Å². The number of nitrogens with zero attached hydrogens (tertiary/aromatic N) is 2. The summed E-state index contributed by atoms with van der Waals surface area (Å²) in [5.74, 6) is 0.650. The Morgan fingerprint density at radius 2 is 1.95 bits per heavy atom. The molecule has 6 heteroatoms. The molecule has 0 aliphatic carbocycles. The lowest BCUT2D eigenvalue weighted by atomic mass is 9.93. The second-order valence-electron chi connectivity index (χ2n) is 5.08. The summed E-state index contributed by atoms with van der Waals surface area (Å²) in [5, 5.41) is 14.3. The topological polar surface area (TPSA) is 77.6 Å². The summed E-state index contributed by atoms with van der Waals surface area (Å²) in [4.78, 5) is 4.34. The van der Waals surface area contributed by atoms with Crippen molar-refractivity contribution < 1.29 is 19.1 Å². The molecule has 3 rings (SSSR count). The minimum atomic E-state index is -0.929. The van der Waals surface area contributed by atoms with Crippen LogP contribution in [0.1, 0.15) is 36.2 Å². The van der Waals surface area contributed by atoms with Crippen LogP contribution in [0.5, 0.6) is 0 Å². The summed E-state index contributed by atoms with van der Waals surface area (Å²) in [7, 11) is 1.63. The molecule has 1 aliphatic heterocycles. The molecule has 0 amide bonds. The van der Waals surface area contributed by atoms with Crippen LogP contribution in [0.15, 0.2) is 34.9 Å². The Bertz CT molecular complexity index is 578. The Morgan fingerprint density at radius 1 is 1.24 bits per heavy atom. The molecule has 1 aromatic heterocycles. The van der Waals surface area contributed by atoms with Crippen LogP contribution >= 0.6 is 0 Å². The Morgan fingerprint density at radius 3 is 2.62 bits per heavy atom. The molecule has 1 fully saturated rings. The fraction of sp³-hybridized carbons (Fsp3) is 0.467. The average molecular weight is 290 g/mol. The van der Waals surface area contributed by atoms with Crippen molar-refractivity contribution in [1.82, 2.24) is 10.1 Å². The normalized spacial score (nSPS) is 19.3. The maximum absolute atomic E-state index is 10.3. The van der Waals surface area contributed by atoms with Crippen LogP contribution in [-0.2, 0) is 15.1 Å². The van der Waals surface area contributed by atoms with Crippen molar-refractivity contribution in [2.24, 2.45) is 0 Å². The molecular formula is C15H18N2O4. The minimum absolute atomic E-state index is 0.180. The van der Waals surface area contributed by atoms with E-state index in [2.05, 4.69) is 10.1 Å². The van der Waals surface area contributed by atoms with Gasteiger partial charge in [0.05, 0.1) is 0 Å². The molecule has 1 aromatic carbocycles. The lowest BCUT2D eigenvalue weighted by molar-refractivity contribution is -0.101. The van der Waals surface area contributed by atoms with Gasteiger partial charge in [-0.2, -0.15) is 4.98 Å². The average Bonchev–Trinajstić information content (AvgIpc) is 3.06. The van der Waals surface area contributed by atoms with E-state index in [1.54, 1.807) is 7.11 Å². The predicted octanol–water partition coefficient (Wildman–Crippen LogP) is 1.80. The highest BCUT2D eigenvalue weighted by atomic mass is 16.5. The number of aliphatic hydroxyl groups excluding tert-OH is 1. The first-order chi connectivity index (χ1) is 10.2. The number of benzene rings is 1. The van der Waals surface area contributed by atoms with E-state index in [9.17, 15) is 5.11 Å². The van der Waals surface area contributed by atoms with Crippen LogP contribution in [0.2, 0.25) is 0 Å². The van der Waals surface area contributed by atoms with E-state index in [4.69, 9.17) is 14.0 Å². The van der Waals surface area contributed by atoms with Crippen LogP contribution in [0.4, 0.5) is 0 Å². The van der Waals surface area contributed by atoms with E-state index >= 15 is 0 Å². The van der Waals surface area contributed by atoms with Gasteiger partial charge in [0, 0.05) is 33.2 Å². The second kappa shape index (κ2) is 5.93. The number of ether oxygens (including phenoxy) is 2. The van der Waals surface area contributed by atoms with Gasteiger partial charge in [-0.25, -0.2) is 0 Å². The van der Waals surface area contributed by atoms with Crippen molar-refractivity contribution in [3.8, 4) is 0 Å². The predicted molar refractivity (Wildman–Crippen MR) is 73.5 cm³/mol. The van der Waals surface area contributed by atoms with Crippen molar-refractivity contribution >= 4 is 0 Å². The third-order valence-corrected chi connectivity index (χ3v) is 3.89. The molecule has 0 bridgehead atoms. The van der Waals surface area contributed by atoms with E-state index in [-0.39, 0.29) is 5.89 Å². The zero-order valence-corrected chi connectivity index (χ0v) is 11.9. The minimum Gasteiger partial charge on any atom is -0.381 e. The molecule has 1 atom stereocenters. The number of aromatic nitrogens is 2. The van der Waals surface area contributed by atoms with Gasteiger partial charge in [-0.05, 0) is 5.56 Å². The van der Waals surface area contributed by atoms with E-state index in [0.29, 0.717) is 37.4 Å². The van der Waals surface area contributed by atoms with Crippen LogP contribution in [0, 0.1) is 0 Å². The molecule has 6 nitrogen and oxygen atoms in total. The quantitative estimate of drug-likeness (QED) is 0.925. The molecule has 1 unspecified atom stereocenters. The maximum Gasteiger partial charge on any atom is 0.260 e. The Kier molecular flexibility index (Phi) is 4.01. The van der Waals surface area contributed by atoms with E-state index in [1.165, 1.54) is 0 Å². The van der Waals surface area contributed by atoms with Gasteiger partial charge >= 0.3 is 0 Å². The van der Waals surface area contributed by atoms with Crippen molar-refractivity contribution in [3.05, 3.63) is 47.6 Å². The lowest BCUT2D eigenvalue weighted by Crippen LogP contribution is -2.36. The van der Waals surface area contributed by atoms with Gasteiger partial charge < -0.3 is 19.1 Å². The SMILES string of the molecule is COC1(c2noc(C(O)c3ccccc3)n2)CCOCC1. The van der Waals surface area contributed by atoms with Gasteiger partial charge in [-0.3, -0.25) is 0 Å². The first kappa shape index (κ1) is 14.2. The van der Waals surface area contributed by atoms with Gasteiger partial charge in [0.15, 0.2) is 6.10 Å². The molecule has 112 valence electrons. The third-order valence-electron chi connectivity index (χ3n) is 3.89. The molecule has 0 spiro atoms. The summed E-state index contributed by atoms with van der Waals surface area (Å²) < 4.78 is 16.2. The van der Waals surface area contributed by atoms with Gasteiger partial charge in [0.25, 0.3) is 5.89 Å². The Hall–Kier alpha value is -1.76. The summed E-state index contributed by atoms with van der Waals surface area (Å²) >= 11 is 0. The van der Waals surface area contributed by atoms with Crippen LogP contribution in [0.25, 0.3) is 0 Å². The molecule has 1 aliphatic rings. The van der Waals surface area contributed by atoms with Crippen molar-refractivity contribution in [2.45, 2.75) is 24.5 Å². The first-order valence-corrected chi connectivity index (χ1v) is 6.95. The second-order valence-corrected chi connectivity index (χ2v) is 5.08. The van der Waals surface area contributed by atoms with Crippen molar-refractivity contribution in [3.63, 3.8) is 0 Å². The third kappa shape index (κ3) is 2.70. The van der Waals surface area contributed by atoms with Gasteiger partial charge in [-0.15, -0.1) is 0 Å². The highest BCUT2D eigenvalue weighted by Gasteiger charge is 2.39. The number of aliphatic hydroxyl groups is 1. The molecule has 1 N–H and O–H groups in total. The summed E-state index contributed by atoms with van der Waals surface area (Å²) in [5.41, 5.74) is 0.127. The first-order valence-electron chi connectivity index (χ1n) is 6.95. The molecular weight excluding hydrogens is 272 g/mol. The molecule has 0 saturated carbocycles. The number of hydrogen-bond acceptors (Lipinski definition) is 6. The lowest BCUT2D eigenvalue weighted by Gasteiger charge is -2.32. The zero-order valence-electron chi connectivity index (χ0n) is 11.9. The smallest absolute Gasteiger partial charge is 0.260 e. The summed E-state index contributed by atoms with van der Waals surface area (Å²) in [6.45, 7) is 1.19. The number of hydrogen-bond donors (Lipinski definition) is 1. The van der Waals surface area contributed by atoms with E-state index in [1.807, 2.05) is 30.3 Å². The summed E-state index contributed by atoms with van der Waals surface area (Å²) in [6, 6.07) is 9.22. The Balaban J connectivity index is 1.86. The van der Waals surface area contributed by atoms with E-state index < -0.39 is 11.7 Å². The van der Waals surface area contributed by atoms with Crippen molar-refractivity contribution in [1.29, 1.82) is 0 Å². The molecule has 1 saturated heterocycles. The zero-order chi connectivity index (χ0) is 14.7. The highest BCUT2D eigenvalue weighted by Crippen LogP contribution is 2.34. The summed E-state index contributed by atoms with van der Waals surface area (Å²) in [6.07, 6.45) is 0.412. The van der Waals surface area contributed by atoms with Crippen LogP contribution in [-0.4, -0.2) is 35.6 Å². The van der Waals surface area contributed by atoms with Crippen LogP contribution < -0.4 is 0 Å². The van der Waals surface area contributed by atoms with Crippen molar-refractivity contribution in [2.75, 3.05) is 20.3 Å². The molecule has 0 radical (unpaired) electrons. The Labute approximate surface area is 122 Å². The van der Waals surface area contributed by atoms with Gasteiger partial charge in [0.1, 0.15) is 5.60 Å². The maximum atomic E-state index is 10.3.